The molecule has 3 nitrogen and oxygen atoms in total. The summed E-state index contributed by atoms with van der Waals surface area (Å²) in [5.41, 5.74) is 2.53. The van der Waals surface area contributed by atoms with Crippen molar-refractivity contribution >= 4 is 11.6 Å². The number of fused-ring (bicyclic) bond motifs is 1. The van der Waals surface area contributed by atoms with Crippen LogP contribution in [0.15, 0.2) is 12.1 Å². The van der Waals surface area contributed by atoms with E-state index in [9.17, 15) is 4.79 Å². The molecule has 0 aromatic heterocycles. The molecule has 0 fully saturated rings. The Hall–Kier alpha value is -1.51. The van der Waals surface area contributed by atoms with Gasteiger partial charge in [0.2, 0.25) is 5.91 Å². The molecule has 0 spiro atoms. The van der Waals surface area contributed by atoms with Crippen LogP contribution in [0, 0.1) is 6.92 Å². The third-order valence-corrected chi connectivity index (χ3v) is 3.03. The molecule has 0 unspecified atom stereocenters. The van der Waals surface area contributed by atoms with Gasteiger partial charge in [-0.05, 0) is 38.0 Å². The van der Waals surface area contributed by atoms with Crippen molar-refractivity contribution in [3.8, 4) is 5.75 Å². The average Bonchev–Trinajstić information content (AvgIpc) is 2.40. The van der Waals surface area contributed by atoms with E-state index in [4.69, 9.17) is 4.74 Å². The number of rotatable bonds is 1. The topological polar surface area (TPSA) is 38.3 Å². The fraction of sp³-hybridized carbons (Fsp3) is 0.417. The summed E-state index contributed by atoms with van der Waals surface area (Å²) in [6, 6.07) is 3.87. The van der Waals surface area contributed by atoms with Crippen LogP contribution in [0.3, 0.4) is 0 Å². The van der Waals surface area contributed by atoms with Crippen LogP contribution in [0.4, 0.5) is 5.69 Å². The van der Waals surface area contributed by atoms with Crippen molar-refractivity contribution in [1.82, 2.24) is 0 Å². The summed E-state index contributed by atoms with van der Waals surface area (Å²) in [6.45, 7) is 5.88. The molecule has 1 aliphatic rings. The van der Waals surface area contributed by atoms with Gasteiger partial charge in [0, 0.05) is 0 Å². The lowest BCUT2D eigenvalue weighted by atomic mass is 9.83. The van der Waals surface area contributed by atoms with Crippen LogP contribution >= 0.6 is 0 Å². The van der Waals surface area contributed by atoms with E-state index < -0.39 is 5.41 Å². The van der Waals surface area contributed by atoms with Crippen molar-refractivity contribution < 1.29 is 9.53 Å². The monoisotopic (exact) mass is 205 g/mol. The van der Waals surface area contributed by atoms with Gasteiger partial charge in [-0.2, -0.15) is 0 Å². The predicted octanol–water partition coefficient (Wildman–Crippen LogP) is 2.23. The largest absolute Gasteiger partial charge is 0.495 e. The maximum Gasteiger partial charge on any atom is 0.234 e. The van der Waals surface area contributed by atoms with E-state index in [1.54, 1.807) is 7.11 Å². The molecule has 1 aromatic carbocycles. The second-order valence-corrected chi connectivity index (χ2v) is 4.41. The minimum atomic E-state index is -0.464. The van der Waals surface area contributed by atoms with Gasteiger partial charge in [-0.15, -0.1) is 0 Å². The van der Waals surface area contributed by atoms with E-state index in [0.29, 0.717) is 0 Å². The molecule has 2 rings (SSSR count). The molecule has 0 saturated carbocycles. The lowest BCUT2D eigenvalue weighted by Crippen LogP contribution is -2.27. The molecular formula is C12H15NO2. The average molecular weight is 205 g/mol. The fourth-order valence-corrected chi connectivity index (χ4v) is 2.17. The Labute approximate surface area is 89.4 Å². The van der Waals surface area contributed by atoms with Crippen molar-refractivity contribution in [2.24, 2.45) is 0 Å². The number of anilines is 1. The normalized spacial score (nSPS) is 17.2. The minimum absolute atomic E-state index is 0.0325. The molecule has 0 atom stereocenters. The van der Waals surface area contributed by atoms with E-state index in [-0.39, 0.29) is 5.91 Å². The van der Waals surface area contributed by atoms with Gasteiger partial charge in [0.05, 0.1) is 18.2 Å². The molecule has 0 bridgehead atoms. The van der Waals surface area contributed by atoms with Crippen LogP contribution in [0.1, 0.15) is 25.0 Å². The van der Waals surface area contributed by atoms with E-state index >= 15 is 0 Å². The quantitative estimate of drug-likeness (QED) is 0.763. The highest BCUT2D eigenvalue weighted by molar-refractivity contribution is 6.07. The van der Waals surface area contributed by atoms with E-state index in [0.717, 1.165) is 22.6 Å². The van der Waals surface area contributed by atoms with Gasteiger partial charge in [-0.1, -0.05) is 6.07 Å². The standard InChI is InChI=1S/C12H15NO2/c1-7-5-6-8(15-4)10-9(7)12(2,3)11(14)13-10/h5-6H,1-4H3,(H,13,14). The first-order chi connectivity index (χ1) is 6.98. The zero-order valence-corrected chi connectivity index (χ0v) is 9.47. The Kier molecular flexibility index (Phi) is 2.00. The number of aryl methyl sites for hydroxylation is 1. The van der Waals surface area contributed by atoms with E-state index in [2.05, 4.69) is 5.32 Å². The zero-order chi connectivity index (χ0) is 11.2. The summed E-state index contributed by atoms with van der Waals surface area (Å²) in [6.07, 6.45) is 0. The molecule has 80 valence electrons. The number of hydrogen-bond donors (Lipinski definition) is 1. The third kappa shape index (κ3) is 1.23. The molecule has 3 heteroatoms. The lowest BCUT2D eigenvalue weighted by molar-refractivity contribution is -0.119. The molecule has 0 aliphatic carbocycles. The zero-order valence-electron chi connectivity index (χ0n) is 9.47. The Bertz CT molecular complexity index is 435. The molecule has 0 radical (unpaired) electrons. The first kappa shape index (κ1) is 10.0. The molecule has 1 heterocycles. The smallest absolute Gasteiger partial charge is 0.234 e. The number of ether oxygens (including phenoxy) is 1. The maximum absolute atomic E-state index is 11.8. The summed E-state index contributed by atoms with van der Waals surface area (Å²) in [5.74, 6) is 0.764. The SMILES string of the molecule is COc1ccc(C)c2c1NC(=O)C2(C)C. The van der Waals surface area contributed by atoms with Crippen LogP contribution in [-0.4, -0.2) is 13.0 Å². The number of benzene rings is 1. The van der Waals surface area contributed by atoms with Gasteiger partial charge in [0.15, 0.2) is 0 Å². The van der Waals surface area contributed by atoms with Crippen LogP contribution in [0.25, 0.3) is 0 Å². The second-order valence-electron chi connectivity index (χ2n) is 4.41. The number of hydrogen-bond acceptors (Lipinski definition) is 2. The Morgan fingerprint density at radius 2 is 2.00 bits per heavy atom. The number of methoxy groups -OCH3 is 1. The second kappa shape index (κ2) is 2.99. The van der Waals surface area contributed by atoms with Gasteiger partial charge in [0.1, 0.15) is 5.75 Å². The van der Waals surface area contributed by atoms with Crippen molar-refractivity contribution in [2.75, 3.05) is 12.4 Å². The molecular weight excluding hydrogens is 190 g/mol. The molecule has 1 aromatic rings. The summed E-state index contributed by atoms with van der Waals surface area (Å²) in [7, 11) is 1.61. The van der Waals surface area contributed by atoms with Crippen molar-refractivity contribution in [2.45, 2.75) is 26.2 Å². The Balaban J connectivity index is 2.72. The highest BCUT2D eigenvalue weighted by Gasteiger charge is 2.41. The van der Waals surface area contributed by atoms with Gasteiger partial charge in [-0.3, -0.25) is 4.79 Å². The first-order valence-corrected chi connectivity index (χ1v) is 4.98. The predicted molar refractivity (Wildman–Crippen MR) is 59.4 cm³/mol. The summed E-state index contributed by atoms with van der Waals surface area (Å²) < 4.78 is 5.24. The summed E-state index contributed by atoms with van der Waals surface area (Å²) in [4.78, 5) is 11.8. The van der Waals surface area contributed by atoms with Crippen molar-refractivity contribution in [1.29, 1.82) is 0 Å². The molecule has 1 aliphatic heterocycles. The third-order valence-electron chi connectivity index (χ3n) is 3.03. The molecule has 1 amide bonds. The molecule has 1 N–H and O–H groups in total. The highest BCUT2D eigenvalue weighted by Crippen LogP contribution is 2.44. The van der Waals surface area contributed by atoms with Crippen LogP contribution in [-0.2, 0) is 10.2 Å². The minimum Gasteiger partial charge on any atom is -0.495 e. The van der Waals surface area contributed by atoms with Gasteiger partial charge >= 0.3 is 0 Å². The first-order valence-electron chi connectivity index (χ1n) is 4.98. The fourth-order valence-electron chi connectivity index (χ4n) is 2.17. The Morgan fingerprint density at radius 3 is 2.60 bits per heavy atom. The summed E-state index contributed by atoms with van der Waals surface area (Å²) in [5, 5.41) is 2.88. The molecule has 15 heavy (non-hydrogen) atoms. The van der Waals surface area contributed by atoms with Crippen molar-refractivity contribution in [3.05, 3.63) is 23.3 Å². The maximum atomic E-state index is 11.8. The van der Waals surface area contributed by atoms with Crippen LogP contribution in [0.2, 0.25) is 0 Å². The van der Waals surface area contributed by atoms with Crippen LogP contribution < -0.4 is 10.1 Å². The Morgan fingerprint density at radius 1 is 1.33 bits per heavy atom. The number of nitrogens with one attached hydrogen (secondary N) is 1. The number of amides is 1. The van der Waals surface area contributed by atoms with E-state index in [1.165, 1.54) is 0 Å². The van der Waals surface area contributed by atoms with Gasteiger partial charge in [-0.25, -0.2) is 0 Å². The van der Waals surface area contributed by atoms with E-state index in [1.807, 2.05) is 32.9 Å². The summed E-state index contributed by atoms with van der Waals surface area (Å²) >= 11 is 0. The highest BCUT2D eigenvalue weighted by atomic mass is 16.5. The van der Waals surface area contributed by atoms with Gasteiger partial charge in [0.25, 0.3) is 0 Å². The lowest BCUT2D eigenvalue weighted by Gasteiger charge is -2.17. The molecule has 0 saturated heterocycles. The van der Waals surface area contributed by atoms with Crippen LogP contribution in [0.5, 0.6) is 5.75 Å². The number of carbonyl (C=O) groups is 1. The number of carbonyl (C=O) groups excluding carboxylic acids is 1. The van der Waals surface area contributed by atoms with Gasteiger partial charge < -0.3 is 10.1 Å². The van der Waals surface area contributed by atoms with Crippen molar-refractivity contribution in [3.63, 3.8) is 0 Å².